The van der Waals surface area contributed by atoms with Gasteiger partial charge in [0.2, 0.25) is 0 Å². The molecule has 1 aromatic rings. The summed E-state index contributed by atoms with van der Waals surface area (Å²) in [5, 5.41) is 0. The fraction of sp³-hybridized carbons (Fsp3) is 0.333. The molecule has 1 atom stereocenters. The molecule has 15 heavy (non-hydrogen) atoms. The van der Waals surface area contributed by atoms with Gasteiger partial charge in [0.05, 0.1) is 0 Å². The number of allylic oxidation sites excluding steroid dienone is 3. The second kappa shape index (κ2) is 6.23. The molecule has 0 bridgehead atoms. The Labute approximate surface area is 93.3 Å². The minimum atomic E-state index is 0.454. The van der Waals surface area contributed by atoms with Gasteiger partial charge in [-0.3, -0.25) is 0 Å². The van der Waals surface area contributed by atoms with Gasteiger partial charge in [-0.1, -0.05) is 69.3 Å². The predicted octanol–water partition coefficient (Wildman–Crippen LogP) is 4.70. The molecule has 0 aliphatic carbocycles. The number of unbranched alkanes of at least 4 members (excludes halogenated alkanes) is 1. The van der Waals surface area contributed by atoms with E-state index in [1.54, 1.807) is 0 Å². The molecule has 1 unspecified atom stereocenters. The number of benzene rings is 1. The lowest BCUT2D eigenvalue weighted by atomic mass is 9.92. The van der Waals surface area contributed by atoms with Gasteiger partial charge in [-0.15, -0.1) is 0 Å². The van der Waals surface area contributed by atoms with Crippen LogP contribution in [0.4, 0.5) is 0 Å². The summed E-state index contributed by atoms with van der Waals surface area (Å²) in [5.74, 6) is 0.454. The highest BCUT2D eigenvalue weighted by Crippen LogP contribution is 2.24. The first-order valence-corrected chi connectivity index (χ1v) is 5.67. The van der Waals surface area contributed by atoms with Crippen LogP contribution in [0, 0.1) is 0 Å². The Hall–Kier alpha value is -1.30. The van der Waals surface area contributed by atoms with Crippen LogP contribution in [0.3, 0.4) is 0 Å². The molecule has 0 heteroatoms. The van der Waals surface area contributed by atoms with E-state index in [1.807, 2.05) is 6.08 Å². The van der Waals surface area contributed by atoms with Crippen LogP contribution in [-0.4, -0.2) is 0 Å². The van der Waals surface area contributed by atoms with Gasteiger partial charge < -0.3 is 0 Å². The van der Waals surface area contributed by atoms with Gasteiger partial charge >= 0.3 is 0 Å². The molecule has 0 N–H and O–H groups in total. The molecule has 0 saturated heterocycles. The second-order valence-electron chi connectivity index (χ2n) is 3.83. The van der Waals surface area contributed by atoms with Crippen molar-refractivity contribution in [3.05, 3.63) is 60.2 Å². The van der Waals surface area contributed by atoms with Gasteiger partial charge in [-0.25, -0.2) is 0 Å². The van der Waals surface area contributed by atoms with Crippen LogP contribution in [0.25, 0.3) is 0 Å². The van der Waals surface area contributed by atoms with Crippen LogP contribution in [0.5, 0.6) is 0 Å². The van der Waals surface area contributed by atoms with Gasteiger partial charge in [0.15, 0.2) is 0 Å². The molecule has 0 nitrogen and oxygen atoms in total. The van der Waals surface area contributed by atoms with E-state index in [1.165, 1.54) is 17.6 Å². The number of hydrogen-bond acceptors (Lipinski definition) is 0. The topological polar surface area (TPSA) is 0 Å². The normalized spacial score (nSPS) is 13.6. The zero-order valence-corrected chi connectivity index (χ0v) is 9.74. The lowest BCUT2D eigenvalue weighted by molar-refractivity contribution is 0.885. The van der Waals surface area contributed by atoms with Crippen molar-refractivity contribution in [1.82, 2.24) is 0 Å². The summed E-state index contributed by atoms with van der Waals surface area (Å²) < 4.78 is 0. The largest absolute Gasteiger partial charge is 0.0988 e. The maximum absolute atomic E-state index is 3.89. The minimum absolute atomic E-state index is 0.454. The van der Waals surface area contributed by atoms with Gasteiger partial charge in [-0.05, 0) is 17.6 Å². The Balaban J connectivity index is 2.82. The highest BCUT2D eigenvalue weighted by atomic mass is 14.1. The molecule has 1 aromatic carbocycles. The van der Waals surface area contributed by atoms with Crippen molar-refractivity contribution in [1.29, 1.82) is 0 Å². The third-order valence-electron chi connectivity index (χ3n) is 2.70. The van der Waals surface area contributed by atoms with Gasteiger partial charge in [-0.2, -0.15) is 0 Å². The van der Waals surface area contributed by atoms with E-state index >= 15 is 0 Å². The molecule has 0 fully saturated rings. The molecule has 0 saturated carbocycles. The molecular formula is C15H20. The Morgan fingerprint density at radius 1 is 1.33 bits per heavy atom. The van der Waals surface area contributed by atoms with Crippen molar-refractivity contribution < 1.29 is 0 Å². The molecule has 0 aromatic heterocycles. The zero-order chi connectivity index (χ0) is 11.1. The highest BCUT2D eigenvalue weighted by Gasteiger charge is 2.07. The lowest BCUT2D eigenvalue weighted by Gasteiger charge is -2.13. The maximum Gasteiger partial charge on any atom is 0.00576 e. The first kappa shape index (κ1) is 11.8. The molecule has 80 valence electrons. The zero-order valence-electron chi connectivity index (χ0n) is 9.74. The van der Waals surface area contributed by atoms with Crippen LogP contribution >= 0.6 is 0 Å². The molecule has 0 radical (unpaired) electrons. The standard InChI is InChI=1S/C15H20/c1-4-6-10-14(5-2)13(3)15-11-8-7-9-12-15/h5,7-13H,2,4,6H2,1,3H3/b14-10+. The van der Waals surface area contributed by atoms with E-state index < -0.39 is 0 Å². The summed E-state index contributed by atoms with van der Waals surface area (Å²) >= 11 is 0. The summed E-state index contributed by atoms with van der Waals surface area (Å²) in [4.78, 5) is 0. The summed E-state index contributed by atoms with van der Waals surface area (Å²) in [7, 11) is 0. The lowest BCUT2D eigenvalue weighted by Crippen LogP contribution is -1.95. The molecule has 0 aliphatic heterocycles. The van der Waals surface area contributed by atoms with Crippen molar-refractivity contribution in [2.75, 3.05) is 0 Å². The van der Waals surface area contributed by atoms with Gasteiger partial charge in [0.1, 0.15) is 0 Å². The summed E-state index contributed by atoms with van der Waals surface area (Å²) in [6.07, 6.45) is 6.61. The second-order valence-corrected chi connectivity index (χ2v) is 3.83. The fourth-order valence-corrected chi connectivity index (χ4v) is 1.68. The Bertz CT molecular complexity index is 319. The van der Waals surface area contributed by atoms with Crippen molar-refractivity contribution in [2.24, 2.45) is 0 Å². The van der Waals surface area contributed by atoms with Crippen LogP contribution < -0.4 is 0 Å². The smallest absolute Gasteiger partial charge is 0.00576 e. The van der Waals surface area contributed by atoms with Gasteiger partial charge in [0.25, 0.3) is 0 Å². The van der Waals surface area contributed by atoms with Crippen LogP contribution in [0.15, 0.2) is 54.6 Å². The van der Waals surface area contributed by atoms with Crippen molar-refractivity contribution in [2.45, 2.75) is 32.6 Å². The maximum atomic E-state index is 3.89. The first-order chi connectivity index (χ1) is 7.29. The van der Waals surface area contributed by atoms with Crippen LogP contribution in [0.2, 0.25) is 0 Å². The average molecular weight is 200 g/mol. The SMILES string of the molecule is C=C/C(=C\CCC)C(C)c1ccccc1. The molecule has 0 amide bonds. The predicted molar refractivity (Wildman–Crippen MR) is 68.0 cm³/mol. The van der Waals surface area contributed by atoms with E-state index in [2.05, 4.69) is 56.8 Å². The monoisotopic (exact) mass is 200 g/mol. The van der Waals surface area contributed by atoms with E-state index in [4.69, 9.17) is 0 Å². The Kier molecular flexibility index (Phi) is 4.89. The van der Waals surface area contributed by atoms with E-state index in [-0.39, 0.29) is 0 Å². The summed E-state index contributed by atoms with van der Waals surface area (Å²) in [5.41, 5.74) is 2.70. The summed E-state index contributed by atoms with van der Waals surface area (Å²) in [6, 6.07) is 10.6. The number of rotatable bonds is 5. The molecule has 0 spiro atoms. The van der Waals surface area contributed by atoms with Crippen molar-refractivity contribution in [3.8, 4) is 0 Å². The third kappa shape index (κ3) is 3.39. The van der Waals surface area contributed by atoms with Crippen LogP contribution in [0.1, 0.15) is 38.2 Å². The molecular weight excluding hydrogens is 180 g/mol. The minimum Gasteiger partial charge on any atom is -0.0988 e. The average Bonchev–Trinajstić information content (AvgIpc) is 2.31. The van der Waals surface area contributed by atoms with Crippen molar-refractivity contribution >= 4 is 0 Å². The quantitative estimate of drug-likeness (QED) is 0.604. The Morgan fingerprint density at radius 2 is 2.00 bits per heavy atom. The van der Waals surface area contributed by atoms with Gasteiger partial charge in [0, 0.05) is 5.92 Å². The van der Waals surface area contributed by atoms with E-state index in [0.29, 0.717) is 5.92 Å². The highest BCUT2D eigenvalue weighted by molar-refractivity contribution is 5.33. The van der Waals surface area contributed by atoms with Crippen LogP contribution in [-0.2, 0) is 0 Å². The third-order valence-corrected chi connectivity index (χ3v) is 2.70. The molecule has 0 heterocycles. The van der Waals surface area contributed by atoms with E-state index in [0.717, 1.165) is 6.42 Å². The van der Waals surface area contributed by atoms with E-state index in [9.17, 15) is 0 Å². The fourth-order valence-electron chi connectivity index (χ4n) is 1.68. The molecule has 1 rings (SSSR count). The first-order valence-electron chi connectivity index (χ1n) is 5.67. The van der Waals surface area contributed by atoms with Crippen molar-refractivity contribution in [3.63, 3.8) is 0 Å². The number of hydrogen-bond donors (Lipinski definition) is 0. The molecule has 0 aliphatic rings. The Morgan fingerprint density at radius 3 is 2.53 bits per heavy atom. The summed E-state index contributed by atoms with van der Waals surface area (Å²) in [6.45, 7) is 8.33.